The molecule has 6 heteroatoms. The van der Waals surface area contributed by atoms with Gasteiger partial charge in [0.25, 0.3) is 0 Å². The van der Waals surface area contributed by atoms with Gasteiger partial charge in [-0.25, -0.2) is 4.39 Å². The molecule has 1 aromatic carbocycles. The third-order valence-electron chi connectivity index (χ3n) is 2.50. The third-order valence-corrected chi connectivity index (χ3v) is 2.50. The van der Waals surface area contributed by atoms with Crippen molar-refractivity contribution in [2.45, 2.75) is 25.6 Å². The number of hydrogen-bond donors (Lipinski definition) is 1. The van der Waals surface area contributed by atoms with E-state index in [4.69, 9.17) is 5.73 Å². The van der Waals surface area contributed by atoms with E-state index in [9.17, 15) is 22.4 Å². The molecule has 0 heterocycles. The number of carbonyl (C=O) groups excluding carboxylic acids is 1. The molecule has 2 nitrogen and oxygen atoms in total. The quantitative estimate of drug-likeness (QED) is 0.646. The van der Waals surface area contributed by atoms with Gasteiger partial charge in [0.15, 0.2) is 11.3 Å². The maximum atomic E-state index is 12.9. The average molecular weight is 249 g/mol. The number of benzene rings is 1. The summed E-state index contributed by atoms with van der Waals surface area (Å²) in [6.45, 7) is 1.98. The van der Waals surface area contributed by atoms with E-state index < -0.39 is 23.3 Å². The van der Waals surface area contributed by atoms with E-state index in [1.54, 1.807) is 0 Å². The van der Waals surface area contributed by atoms with Crippen LogP contribution in [0.4, 0.5) is 17.6 Å². The molecule has 94 valence electrons. The molecule has 2 N–H and O–H groups in total. The van der Waals surface area contributed by atoms with Crippen molar-refractivity contribution >= 4 is 5.78 Å². The van der Waals surface area contributed by atoms with Gasteiger partial charge in [-0.15, -0.1) is 0 Å². The molecule has 0 aliphatic heterocycles. The lowest BCUT2D eigenvalue weighted by atomic mass is 9.89. The molecule has 0 aliphatic rings. The fraction of sp³-hybridized carbons (Fsp3) is 0.364. The van der Waals surface area contributed by atoms with Gasteiger partial charge in [-0.2, -0.15) is 13.2 Å². The van der Waals surface area contributed by atoms with E-state index in [0.29, 0.717) is 6.92 Å². The van der Waals surface area contributed by atoms with Gasteiger partial charge in [0.1, 0.15) is 5.82 Å². The summed E-state index contributed by atoms with van der Waals surface area (Å²) < 4.78 is 50.6. The molecule has 0 saturated heterocycles. The first-order chi connectivity index (χ1) is 7.57. The van der Waals surface area contributed by atoms with E-state index in [2.05, 4.69) is 0 Å². The molecule has 0 aliphatic carbocycles. The molecule has 0 radical (unpaired) electrons. The first kappa shape index (κ1) is 13.6. The number of halogens is 4. The van der Waals surface area contributed by atoms with Gasteiger partial charge < -0.3 is 5.73 Å². The molecule has 0 spiro atoms. The fourth-order valence-corrected chi connectivity index (χ4v) is 1.25. The van der Waals surface area contributed by atoms with Crippen LogP contribution in [0, 0.1) is 12.7 Å². The van der Waals surface area contributed by atoms with Crippen molar-refractivity contribution < 1.29 is 22.4 Å². The third kappa shape index (κ3) is 2.46. The minimum Gasteiger partial charge on any atom is -0.311 e. The molecule has 0 saturated carbocycles. The predicted octanol–water partition coefficient (Wildman–Crippen LogP) is 2.60. The summed E-state index contributed by atoms with van der Waals surface area (Å²) in [5, 5.41) is 0. The number of Topliss-reactive ketones (excluding diaryl/α,β-unsaturated/α-hetero) is 1. The standard InChI is InChI=1S/C11H11F4NO/c1-6-3-4-7(12)5-8(6)9(17)10(2,16)11(13,14)15/h3-5H,16H2,1-2H3. The van der Waals surface area contributed by atoms with Crippen LogP contribution >= 0.6 is 0 Å². The second kappa shape index (κ2) is 4.10. The van der Waals surface area contributed by atoms with Gasteiger partial charge in [0.05, 0.1) is 0 Å². The number of rotatable bonds is 2. The summed E-state index contributed by atoms with van der Waals surface area (Å²) in [6, 6.07) is 3.05. The zero-order valence-corrected chi connectivity index (χ0v) is 9.23. The normalized spacial score (nSPS) is 15.5. The average Bonchev–Trinajstić information content (AvgIpc) is 2.19. The Labute approximate surface area is 95.4 Å². The summed E-state index contributed by atoms with van der Waals surface area (Å²) >= 11 is 0. The number of alkyl halides is 3. The molecule has 1 atom stereocenters. The lowest BCUT2D eigenvalue weighted by Gasteiger charge is -2.26. The Kier molecular flexibility index (Phi) is 3.29. The molecular formula is C11H11F4NO. The van der Waals surface area contributed by atoms with Gasteiger partial charge in [0.2, 0.25) is 0 Å². The second-order valence-electron chi connectivity index (χ2n) is 3.99. The number of nitrogens with two attached hydrogens (primary N) is 1. The van der Waals surface area contributed by atoms with Crippen LogP contribution in [0.2, 0.25) is 0 Å². The van der Waals surface area contributed by atoms with Crippen molar-refractivity contribution in [2.75, 3.05) is 0 Å². The van der Waals surface area contributed by atoms with E-state index in [-0.39, 0.29) is 11.1 Å². The van der Waals surface area contributed by atoms with Crippen molar-refractivity contribution in [1.82, 2.24) is 0 Å². The molecule has 0 bridgehead atoms. The van der Waals surface area contributed by atoms with Crippen molar-refractivity contribution in [3.05, 3.63) is 35.1 Å². The van der Waals surface area contributed by atoms with Gasteiger partial charge in [0, 0.05) is 5.56 Å². The summed E-state index contributed by atoms with van der Waals surface area (Å²) in [6.07, 6.45) is -4.89. The highest BCUT2D eigenvalue weighted by Crippen LogP contribution is 2.31. The van der Waals surface area contributed by atoms with E-state index in [0.717, 1.165) is 12.1 Å². The highest BCUT2D eigenvalue weighted by atomic mass is 19.4. The first-order valence-corrected chi connectivity index (χ1v) is 4.74. The van der Waals surface area contributed by atoms with Crippen molar-refractivity contribution in [3.8, 4) is 0 Å². The molecule has 0 fully saturated rings. The SMILES string of the molecule is Cc1ccc(F)cc1C(=O)C(C)(N)C(F)(F)F. The summed E-state index contributed by atoms with van der Waals surface area (Å²) in [7, 11) is 0. The van der Waals surface area contributed by atoms with Crippen LogP contribution in [-0.2, 0) is 0 Å². The smallest absolute Gasteiger partial charge is 0.311 e. The number of hydrogen-bond acceptors (Lipinski definition) is 2. The molecule has 1 rings (SSSR count). The summed E-state index contributed by atoms with van der Waals surface area (Å²) in [4.78, 5) is 11.7. The fourth-order valence-electron chi connectivity index (χ4n) is 1.25. The van der Waals surface area contributed by atoms with Gasteiger partial charge in [-0.05, 0) is 31.5 Å². The predicted molar refractivity (Wildman–Crippen MR) is 54.1 cm³/mol. The summed E-state index contributed by atoms with van der Waals surface area (Å²) in [5.74, 6) is -2.13. The molecule has 0 amide bonds. The molecule has 1 aromatic rings. The zero-order chi connectivity index (χ0) is 13.4. The van der Waals surface area contributed by atoms with E-state index in [1.165, 1.54) is 13.0 Å². The van der Waals surface area contributed by atoms with Crippen molar-refractivity contribution in [3.63, 3.8) is 0 Å². The monoisotopic (exact) mass is 249 g/mol. The van der Waals surface area contributed by atoms with Crippen LogP contribution in [0.5, 0.6) is 0 Å². The zero-order valence-electron chi connectivity index (χ0n) is 9.23. The first-order valence-electron chi connectivity index (χ1n) is 4.74. The van der Waals surface area contributed by atoms with Crippen LogP contribution in [0.3, 0.4) is 0 Å². The van der Waals surface area contributed by atoms with Gasteiger partial charge in [-0.1, -0.05) is 6.07 Å². The highest BCUT2D eigenvalue weighted by Gasteiger charge is 2.54. The lowest BCUT2D eigenvalue weighted by molar-refractivity contribution is -0.165. The topological polar surface area (TPSA) is 43.1 Å². The van der Waals surface area contributed by atoms with Crippen LogP contribution in [0.25, 0.3) is 0 Å². The Morgan fingerprint density at radius 2 is 1.82 bits per heavy atom. The maximum Gasteiger partial charge on any atom is 0.413 e. The number of aryl methyl sites for hydroxylation is 1. The van der Waals surface area contributed by atoms with Gasteiger partial charge in [-0.3, -0.25) is 4.79 Å². The highest BCUT2D eigenvalue weighted by molar-refractivity contribution is 6.04. The van der Waals surface area contributed by atoms with Crippen LogP contribution in [0.15, 0.2) is 18.2 Å². The second-order valence-corrected chi connectivity index (χ2v) is 3.99. The molecular weight excluding hydrogens is 238 g/mol. The lowest BCUT2D eigenvalue weighted by Crippen LogP contribution is -2.57. The summed E-state index contributed by atoms with van der Waals surface area (Å²) in [5.41, 5.74) is 1.86. The Balaban J connectivity index is 3.26. The Morgan fingerprint density at radius 3 is 2.29 bits per heavy atom. The largest absolute Gasteiger partial charge is 0.413 e. The molecule has 1 unspecified atom stereocenters. The minimum absolute atomic E-state index is 0.248. The number of carbonyl (C=O) groups is 1. The Bertz CT molecular complexity index is 451. The minimum atomic E-state index is -4.89. The Hall–Kier alpha value is -1.43. The molecule has 17 heavy (non-hydrogen) atoms. The van der Waals surface area contributed by atoms with Crippen LogP contribution in [-0.4, -0.2) is 17.5 Å². The number of ketones is 1. The maximum absolute atomic E-state index is 12.9. The van der Waals surface area contributed by atoms with Crippen molar-refractivity contribution in [2.24, 2.45) is 5.73 Å². The Morgan fingerprint density at radius 1 is 1.29 bits per heavy atom. The molecule has 0 aromatic heterocycles. The van der Waals surface area contributed by atoms with Crippen LogP contribution < -0.4 is 5.73 Å². The van der Waals surface area contributed by atoms with Gasteiger partial charge >= 0.3 is 6.18 Å². The van der Waals surface area contributed by atoms with E-state index >= 15 is 0 Å². The van der Waals surface area contributed by atoms with E-state index in [1.807, 2.05) is 0 Å². The van der Waals surface area contributed by atoms with Crippen LogP contribution in [0.1, 0.15) is 22.8 Å². The van der Waals surface area contributed by atoms with Crippen molar-refractivity contribution in [1.29, 1.82) is 0 Å².